The van der Waals surface area contributed by atoms with Crippen LogP contribution in [-0.2, 0) is 0 Å². The lowest BCUT2D eigenvalue weighted by molar-refractivity contribution is 0.197. The van der Waals surface area contributed by atoms with Crippen LogP contribution in [0.5, 0.6) is 0 Å². The number of nitrogens with one attached hydrogen (secondary N) is 1. The van der Waals surface area contributed by atoms with Gasteiger partial charge in [-0.1, -0.05) is 24.6 Å². The standard InChI is InChI=1S/C15H17N3/c16-10-15(18-8-4-1-5-9-18)13-11-17-14-7-3-2-6-12(13)14/h2-3,6-7,11,15,17H,1,4-5,8-9H2/t15-/m0/s1. The van der Waals surface area contributed by atoms with E-state index in [2.05, 4.69) is 28.1 Å². The van der Waals surface area contributed by atoms with Crippen molar-refractivity contribution in [2.24, 2.45) is 0 Å². The molecule has 2 heterocycles. The van der Waals surface area contributed by atoms with Gasteiger partial charge in [-0.05, 0) is 32.0 Å². The number of nitrogens with zero attached hydrogens (tertiary/aromatic N) is 2. The second kappa shape index (κ2) is 4.83. The molecule has 1 saturated heterocycles. The van der Waals surface area contributed by atoms with Gasteiger partial charge >= 0.3 is 0 Å². The highest BCUT2D eigenvalue weighted by Crippen LogP contribution is 2.29. The summed E-state index contributed by atoms with van der Waals surface area (Å²) in [5.74, 6) is 0. The lowest BCUT2D eigenvalue weighted by Crippen LogP contribution is -2.32. The number of rotatable bonds is 2. The van der Waals surface area contributed by atoms with E-state index in [9.17, 15) is 5.26 Å². The molecule has 1 aromatic heterocycles. The van der Waals surface area contributed by atoms with Crippen LogP contribution in [0.2, 0.25) is 0 Å². The van der Waals surface area contributed by atoms with Crippen molar-refractivity contribution >= 4 is 10.9 Å². The highest BCUT2D eigenvalue weighted by molar-refractivity contribution is 5.83. The van der Waals surface area contributed by atoms with Crippen LogP contribution in [-0.4, -0.2) is 23.0 Å². The molecular formula is C15H17N3. The van der Waals surface area contributed by atoms with E-state index >= 15 is 0 Å². The van der Waals surface area contributed by atoms with Crippen LogP contribution >= 0.6 is 0 Å². The van der Waals surface area contributed by atoms with Crippen LogP contribution < -0.4 is 0 Å². The fourth-order valence-corrected chi connectivity index (χ4v) is 2.84. The van der Waals surface area contributed by atoms with Gasteiger partial charge in [0.25, 0.3) is 0 Å². The summed E-state index contributed by atoms with van der Waals surface area (Å²) in [6.45, 7) is 2.08. The second-order valence-electron chi connectivity index (χ2n) is 4.92. The number of hydrogen-bond acceptors (Lipinski definition) is 2. The van der Waals surface area contributed by atoms with Gasteiger partial charge in [-0.2, -0.15) is 5.26 Å². The maximum absolute atomic E-state index is 9.50. The van der Waals surface area contributed by atoms with Gasteiger partial charge in [0.05, 0.1) is 6.07 Å². The summed E-state index contributed by atoms with van der Waals surface area (Å²) in [5, 5.41) is 10.7. The molecule has 0 saturated carbocycles. The molecule has 1 aromatic carbocycles. The first-order chi connectivity index (χ1) is 8.90. The summed E-state index contributed by atoms with van der Waals surface area (Å²) in [7, 11) is 0. The van der Waals surface area contributed by atoms with Gasteiger partial charge in [0.15, 0.2) is 0 Å². The lowest BCUT2D eigenvalue weighted by atomic mass is 10.0. The minimum absolute atomic E-state index is 0.110. The summed E-state index contributed by atoms with van der Waals surface area (Å²) in [6.07, 6.45) is 5.71. The van der Waals surface area contributed by atoms with Crippen molar-refractivity contribution in [3.8, 4) is 6.07 Å². The average molecular weight is 239 g/mol. The van der Waals surface area contributed by atoms with E-state index < -0.39 is 0 Å². The SMILES string of the molecule is N#C[C@@H](c1c[nH]c2ccccc12)N1CCCCC1. The summed E-state index contributed by atoms with van der Waals surface area (Å²) in [5.41, 5.74) is 2.24. The largest absolute Gasteiger partial charge is 0.361 e. The number of likely N-dealkylation sites (tertiary alicyclic amines) is 1. The minimum atomic E-state index is -0.110. The Morgan fingerprint density at radius 3 is 2.72 bits per heavy atom. The summed E-state index contributed by atoms with van der Waals surface area (Å²) in [6, 6.07) is 10.6. The first kappa shape index (κ1) is 11.3. The predicted molar refractivity (Wildman–Crippen MR) is 72.1 cm³/mol. The quantitative estimate of drug-likeness (QED) is 0.874. The van der Waals surface area contributed by atoms with Crippen molar-refractivity contribution in [2.45, 2.75) is 25.3 Å². The number of para-hydroxylation sites is 1. The molecule has 0 amide bonds. The van der Waals surface area contributed by atoms with Crippen LogP contribution in [0.1, 0.15) is 30.9 Å². The van der Waals surface area contributed by atoms with Crippen molar-refractivity contribution in [2.75, 3.05) is 13.1 Å². The Morgan fingerprint density at radius 1 is 1.17 bits per heavy atom. The van der Waals surface area contributed by atoms with Gasteiger partial charge < -0.3 is 4.98 Å². The molecule has 1 N–H and O–H groups in total. The average Bonchev–Trinajstić information content (AvgIpc) is 2.85. The first-order valence-electron chi connectivity index (χ1n) is 6.60. The predicted octanol–water partition coefficient (Wildman–Crippen LogP) is 3.22. The molecule has 1 fully saturated rings. The van der Waals surface area contributed by atoms with Crippen molar-refractivity contribution in [3.63, 3.8) is 0 Å². The van der Waals surface area contributed by atoms with E-state index in [1.165, 1.54) is 24.6 Å². The maximum atomic E-state index is 9.50. The Labute approximate surface area is 107 Å². The molecule has 0 aliphatic carbocycles. The summed E-state index contributed by atoms with van der Waals surface area (Å²) >= 11 is 0. The summed E-state index contributed by atoms with van der Waals surface area (Å²) < 4.78 is 0. The Hall–Kier alpha value is -1.79. The highest BCUT2D eigenvalue weighted by Gasteiger charge is 2.23. The second-order valence-corrected chi connectivity index (χ2v) is 4.92. The topological polar surface area (TPSA) is 42.8 Å². The Morgan fingerprint density at radius 2 is 1.94 bits per heavy atom. The molecular weight excluding hydrogens is 222 g/mol. The molecule has 1 aliphatic heterocycles. The molecule has 92 valence electrons. The van der Waals surface area contributed by atoms with Crippen LogP contribution in [0, 0.1) is 11.3 Å². The Balaban J connectivity index is 1.98. The van der Waals surface area contributed by atoms with Gasteiger partial charge in [-0.25, -0.2) is 0 Å². The maximum Gasteiger partial charge on any atom is 0.125 e. The third-order valence-electron chi connectivity index (χ3n) is 3.79. The highest BCUT2D eigenvalue weighted by atomic mass is 15.2. The first-order valence-corrected chi connectivity index (χ1v) is 6.60. The Bertz CT molecular complexity index is 573. The van der Waals surface area contributed by atoms with E-state index in [1.807, 2.05) is 18.3 Å². The van der Waals surface area contributed by atoms with Crippen molar-refractivity contribution < 1.29 is 0 Å². The number of fused-ring (bicyclic) bond motifs is 1. The number of H-pyrrole nitrogens is 1. The molecule has 3 nitrogen and oxygen atoms in total. The number of aromatic nitrogens is 1. The number of hydrogen-bond donors (Lipinski definition) is 1. The van der Waals surface area contributed by atoms with Crippen LogP contribution in [0.25, 0.3) is 10.9 Å². The zero-order valence-corrected chi connectivity index (χ0v) is 10.4. The fourth-order valence-electron chi connectivity index (χ4n) is 2.84. The molecule has 0 bridgehead atoms. The van der Waals surface area contributed by atoms with Crippen LogP contribution in [0.4, 0.5) is 0 Å². The molecule has 0 unspecified atom stereocenters. The third kappa shape index (κ3) is 1.89. The van der Waals surface area contributed by atoms with E-state index in [0.29, 0.717) is 0 Å². The third-order valence-corrected chi connectivity index (χ3v) is 3.79. The van der Waals surface area contributed by atoms with Crippen molar-refractivity contribution in [1.29, 1.82) is 5.26 Å². The molecule has 3 heteroatoms. The lowest BCUT2D eigenvalue weighted by Gasteiger charge is -2.30. The minimum Gasteiger partial charge on any atom is -0.361 e. The van der Waals surface area contributed by atoms with Gasteiger partial charge in [-0.3, -0.25) is 4.90 Å². The Kier molecular flexibility index (Phi) is 3.04. The fraction of sp³-hybridized carbons (Fsp3) is 0.400. The summed E-state index contributed by atoms with van der Waals surface area (Å²) in [4.78, 5) is 5.57. The van der Waals surface area contributed by atoms with Crippen LogP contribution in [0.15, 0.2) is 30.5 Å². The van der Waals surface area contributed by atoms with Gasteiger partial charge in [0.1, 0.15) is 6.04 Å². The van der Waals surface area contributed by atoms with Crippen LogP contribution in [0.3, 0.4) is 0 Å². The van der Waals surface area contributed by atoms with Gasteiger partial charge in [-0.15, -0.1) is 0 Å². The van der Waals surface area contributed by atoms with Crippen molar-refractivity contribution in [1.82, 2.24) is 9.88 Å². The van der Waals surface area contributed by atoms with Gasteiger partial charge in [0.2, 0.25) is 0 Å². The normalized spacial score (nSPS) is 18.6. The smallest absolute Gasteiger partial charge is 0.125 e. The zero-order valence-electron chi connectivity index (χ0n) is 10.4. The number of piperidine rings is 1. The van der Waals surface area contributed by atoms with Gasteiger partial charge in [0, 0.05) is 22.7 Å². The van der Waals surface area contributed by atoms with E-state index in [1.54, 1.807) is 0 Å². The van der Waals surface area contributed by atoms with E-state index in [4.69, 9.17) is 0 Å². The monoisotopic (exact) mass is 239 g/mol. The zero-order chi connectivity index (χ0) is 12.4. The molecule has 1 atom stereocenters. The molecule has 0 radical (unpaired) electrons. The number of nitriles is 1. The molecule has 0 spiro atoms. The van der Waals surface area contributed by atoms with Crippen molar-refractivity contribution in [3.05, 3.63) is 36.0 Å². The molecule has 18 heavy (non-hydrogen) atoms. The van der Waals surface area contributed by atoms with E-state index in [-0.39, 0.29) is 6.04 Å². The number of benzene rings is 1. The molecule has 1 aliphatic rings. The van der Waals surface area contributed by atoms with E-state index in [0.717, 1.165) is 24.2 Å². The molecule has 2 aromatic rings. The number of aromatic amines is 1. The molecule has 3 rings (SSSR count).